The average molecular weight is 268 g/mol. The Morgan fingerprint density at radius 2 is 1.53 bits per heavy atom. The lowest BCUT2D eigenvalue weighted by molar-refractivity contribution is 0.688. The highest BCUT2D eigenvalue weighted by Crippen LogP contribution is 2.13. The van der Waals surface area contributed by atoms with Crippen molar-refractivity contribution in [3.8, 4) is 0 Å². The van der Waals surface area contributed by atoms with Gasteiger partial charge in [0.2, 0.25) is 0 Å². The Morgan fingerprint density at radius 1 is 0.947 bits per heavy atom. The van der Waals surface area contributed by atoms with E-state index in [2.05, 4.69) is 12.1 Å². The Morgan fingerprint density at radius 3 is 2.16 bits per heavy atom. The lowest BCUT2D eigenvalue weighted by Gasteiger charge is -1.98. The molecule has 0 radical (unpaired) electrons. The summed E-state index contributed by atoms with van der Waals surface area (Å²) >= 11 is 0. The minimum absolute atomic E-state index is 0.824. The number of rotatable bonds is 4. The normalized spacial score (nSPS) is 13.6. The Hall–Kier alpha value is -1.93. The Kier molecular flexibility index (Phi) is 4.87. The molecule has 96 valence electrons. The van der Waals surface area contributed by atoms with E-state index in [1.165, 1.54) is 5.56 Å². The Bertz CT molecular complexity index is 598. The largest absolute Gasteiger partial charge is 0.250 e. The van der Waals surface area contributed by atoms with E-state index in [9.17, 15) is 4.21 Å². The van der Waals surface area contributed by atoms with Crippen molar-refractivity contribution in [3.63, 3.8) is 0 Å². The predicted octanol–water partition coefficient (Wildman–Crippen LogP) is 4.41. The molecule has 0 fully saturated rings. The number of hydrogen-bond acceptors (Lipinski definition) is 1. The zero-order chi connectivity index (χ0) is 13.5. The van der Waals surface area contributed by atoms with E-state index in [1.807, 2.05) is 67.6 Å². The molecule has 2 heteroatoms. The van der Waals surface area contributed by atoms with Gasteiger partial charge in [-0.05, 0) is 30.2 Å². The molecule has 0 aliphatic heterocycles. The molecular weight excluding hydrogens is 252 g/mol. The van der Waals surface area contributed by atoms with Gasteiger partial charge < -0.3 is 0 Å². The molecule has 2 aromatic rings. The van der Waals surface area contributed by atoms with Crippen molar-refractivity contribution in [1.82, 2.24) is 0 Å². The van der Waals surface area contributed by atoms with Crippen LogP contribution in [0.4, 0.5) is 0 Å². The minimum Gasteiger partial charge on any atom is -0.250 e. The number of allylic oxidation sites excluding steroid dienone is 3. The van der Waals surface area contributed by atoms with Crippen LogP contribution >= 0.6 is 0 Å². The summed E-state index contributed by atoms with van der Waals surface area (Å²) in [7, 11) is -1.08. The van der Waals surface area contributed by atoms with Gasteiger partial charge in [0.15, 0.2) is 0 Å². The second-order valence-corrected chi connectivity index (χ2v) is 5.49. The van der Waals surface area contributed by atoms with Gasteiger partial charge in [0.1, 0.15) is 0 Å². The van der Waals surface area contributed by atoms with Crippen molar-refractivity contribution in [3.05, 3.63) is 83.8 Å². The summed E-state index contributed by atoms with van der Waals surface area (Å²) in [5.74, 6) is 0. The Balaban J connectivity index is 2.06. The van der Waals surface area contributed by atoms with E-state index in [0.717, 1.165) is 10.5 Å². The maximum Gasteiger partial charge on any atom is 0.0775 e. The van der Waals surface area contributed by atoms with Crippen LogP contribution in [0.2, 0.25) is 0 Å². The molecule has 0 saturated carbocycles. The van der Waals surface area contributed by atoms with E-state index in [4.69, 9.17) is 0 Å². The summed E-state index contributed by atoms with van der Waals surface area (Å²) in [6.45, 7) is 2.05. The molecular formula is C17H16OS. The van der Waals surface area contributed by atoms with E-state index in [-0.39, 0.29) is 0 Å². The monoisotopic (exact) mass is 268 g/mol. The molecule has 2 rings (SSSR count). The highest BCUT2D eigenvalue weighted by Gasteiger charge is 1.96. The van der Waals surface area contributed by atoms with Crippen LogP contribution in [0.25, 0.3) is 5.57 Å². The fraction of sp³-hybridized carbons (Fsp3) is 0.0588. The van der Waals surface area contributed by atoms with Crippen LogP contribution < -0.4 is 0 Å². The van der Waals surface area contributed by atoms with Crippen molar-refractivity contribution in [2.24, 2.45) is 0 Å². The summed E-state index contributed by atoms with van der Waals surface area (Å²) < 4.78 is 12.0. The predicted molar refractivity (Wildman–Crippen MR) is 82.1 cm³/mol. The standard InChI is InChI=1S/C17H16OS/c1-15(16-10-4-2-5-11-16)9-8-14-19(18)17-12-6-3-7-13-17/h2-14H,1H3/b14-8-,15-9+. The molecule has 0 aliphatic carbocycles. The smallest absolute Gasteiger partial charge is 0.0775 e. The quantitative estimate of drug-likeness (QED) is 0.751. The molecule has 19 heavy (non-hydrogen) atoms. The molecule has 0 N–H and O–H groups in total. The molecule has 1 nitrogen and oxygen atoms in total. The lowest BCUT2D eigenvalue weighted by Crippen LogP contribution is -1.84. The average Bonchev–Trinajstić information content (AvgIpc) is 2.49. The van der Waals surface area contributed by atoms with Crippen molar-refractivity contribution in [2.45, 2.75) is 11.8 Å². The van der Waals surface area contributed by atoms with Crippen LogP contribution in [0, 0.1) is 0 Å². The van der Waals surface area contributed by atoms with Gasteiger partial charge in [-0.1, -0.05) is 60.7 Å². The highest BCUT2D eigenvalue weighted by molar-refractivity contribution is 7.88. The fourth-order valence-corrected chi connectivity index (χ4v) is 2.49. The SMILES string of the molecule is C/C(=C\C=C/S(=O)c1ccccc1)c1ccccc1. The topological polar surface area (TPSA) is 17.1 Å². The third kappa shape index (κ3) is 4.04. The summed E-state index contributed by atoms with van der Waals surface area (Å²) in [5.41, 5.74) is 2.33. The first-order valence-electron chi connectivity index (χ1n) is 6.13. The van der Waals surface area contributed by atoms with Gasteiger partial charge in [0.05, 0.1) is 10.8 Å². The zero-order valence-electron chi connectivity index (χ0n) is 10.8. The number of benzene rings is 2. The maximum absolute atomic E-state index is 12.0. The third-order valence-corrected chi connectivity index (χ3v) is 3.89. The van der Waals surface area contributed by atoms with Gasteiger partial charge in [-0.15, -0.1) is 0 Å². The fourth-order valence-electron chi connectivity index (χ4n) is 1.69. The minimum atomic E-state index is -1.08. The van der Waals surface area contributed by atoms with Gasteiger partial charge in [0.25, 0.3) is 0 Å². The van der Waals surface area contributed by atoms with E-state index < -0.39 is 10.8 Å². The van der Waals surface area contributed by atoms with Crippen molar-refractivity contribution >= 4 is 16.4 Å². The van der Waals surface area contributed by atoms with Gasteiger partial charge >= 0.3 is 0 Å². The second-order valence-electron chi connectivity index (χ2n) is 4.15. The summed E-state index contributed by atoms with van der Waals surface area (Å²) in [6.07, 6.45) is 3.83. The van der Waals surface area contributed by atoms with E-state index in [0.29, 0.717) is 0 Å². The molecule has 0 aliphatic rings. The van der Waals surface area contributed by atoms with Gasteiger partial charge in [-0.3, -0.25) is 0 Å². The van der Waals surface area contributed by atoms with Crippen LogP contribution in [-0.2, 0) is 10.8 Å². The highest BCUT2D eigenvalue weighted by atomic mass is 32.2. The van der Waals surface area contributed by atoms with Gasteiger partial charge in [-0.25, -0.2) is 4.21 Å². The molecule has 1 atom stereocenters. The van der Waals surface area contributed by atoms with Crippen molar-refractivity contribution < 1.29 is 4.21 Å². The zero-order valence-corrected chi connectivity index (χ0v) is 11.6. The first kappa shape index (κ1) is 13.5. The van der Waals surface area contributed by atoms with Crippen molar-refractivity contribution in [2.75, 3.05) is 0 Å². The third-order valence-electron chi connectivity index (χ3n) is 2.75. The van der Waals surface area contributed by atoms with Crippen LogP contribution in [-0.4, -0.2) is 4.21 Å². The summed E-state index contributed by atoms with van der Waals surface area (Å²) in [4.78, 5) is 0.824. The molecule has 0 spiro atoms. The van der Waals surface area contributed by atoms with E-state index in [1.54, 1.807) is 5.41 Å². The Labute approximate surface area is 116 Å². The van der Waals surface area contributed by atoms with Gasteiger partial charge in [-0.2, -0.15) is 0 Å². The van der Waals surface area contributed by atoms with Gasteiger partial charge in [0, 0.05) is 10.3 Å². The maximum atomic E-state index is 12.0. The molecule has 0 heterocycles. The molecule has 0 saturated heterocycles. The van der Waals surface area contributed by atoms with Crippen LogP contribution in [0.5, 0.6) is 0 Å². The number of hydrogen-bond donors (Lipinski definition) is 0. The first-order chi connectivity index (χ1) is 9.27. The van der Waals surface area contributed by atoms with Crippen LogP contribution in [0.3, 0.4) is 0 Å². The lowest BCUT2D eigenvalue weighted by atomic mass is 10.1. The molecule has 0 amide bonds. The second kappa shape index (κ2) is 6.86. The summed E-state index contributed by atoms with van der Waals surface area (Å²) in [5, 5.41) is 1.71. The van der Waals surface area contributed by atoms with E-state index >= 15 is 0 Å². The molecule has 0 bridgehead atoms. The molecule has 1 unspecified atom stereocenters. The summed E-state index contributed by atoms with van der Waals surface area (Å²) in [6, 6.07) is 19.6. The van der Waals surface area contributed by atoms with Crippen LogP contribution in [0.1, 0.15) is 12.5 Å². The van der Waals surface area contributed by atoms with Crippen LogP contribution in [0.15, 0.2) is 83.1 Å². The van der Waals surface area contributed by atoms with Crippen molar-refractivity contribution in [1.29, 1.82) is 0 Å². The molecule has 2 aromatic carbocycles. The first-order valence-corrected chi connectivity index (χ1v) is 7.35. The molecule has 0 aromatic heterocycles.